The number of anilines is 2. The van der Waals surface area contributed by atoms with Crippen molar-refractivity contribution in [1.82, 2.24) is 4.90 Å². The van der Waals surface area contributed by atoms with E-state index in [0.29, 0.717) is 23.4 Å². The van der Waals surface area contributed by atoms with E-state index in [2.05, 4.69) is 15.5 Å². The van der Waals surface area contributed by atoms with Crippen LogP contribution in [0, 0.1) is 5.82 Å². The molecule has 0 bridgehead atoms. The lowest BCUT2D eigenvalue weighted by Gasteiger charge is -2.08. The Labute approximate surface area is 157 Å². The first-order valence-corrected chi connectivity index (χ1v) is 9.19. The maximum Gasteiger partial charge on any atom is 0.257 e. The first kappa shape index (κ1) is 17.5. The van der Waals surface area contributed by atoms with Gasteiger partial charge in [-0.05, 0) is 55.8 Å². The second-order valence-corrected chi connectivity index (χ2v) is 6.74. The average Bonchev–Trinajstić information content (AvgIpc) is 3.10. The summed E-state index contributed by atoms with van der Waals surface area (Å²) < 4.78 is 18.5. The summed E-state index contributed by atoms with van der Waals surface area (Å²) in [6.45, 7) is 5.35. The topological polar surface area (TPSA) is 53.4 Å². The predicted molar refractivity (Wildman–Crippen MR) is 104 cm³/mol. The van der Waals surface area contributed by atoms with Gasteiger partial charge in [0.15, 0.2) is 0 Å². The molecular weight excluding hydrogens is 345 g/mol. The van der Waals surface area contributed by atoms with Gasteiger partial charge in [-0.3, -0.25) is 9.69 Å². The van der Waals surface area contributed by atoms with Gasteiger partial charge in [0.2, 0.25) is 0 Å². The highest BCUT2D eigenvalue weighted by atomic mass is 19.1. The Bertz CT molecular complexity index is 867. The molecule has 140 valence electrons. The van der Waals surface area contributed by atoms with E-state index in [4.69, 9.17) is 4.74 Å². The van der Waals surface area contributed by atoms with Crippen LogP contribution in [0.15, 0.2) is 48.7 Å². The van der Waals surface area contributed by atoms with Crippen molar-refractivity contribution in [3.8, 4) is 5.75 Å². The molecule has 0 aliphatic carbocycles. The van der Waals surface area contributed by atoms with Crippen LogP contribution in [0.2, 0.25) is 0 Å². The Hall–Kier alpha value is -2.86. The number of hydrogen-bond donors (Lipinski definition) is 2. The lowest BCUT2D eigenvalue weighted by atomic mass is 10.1. The molecule has 0 radical (unpaired) electrons. The Morgan fingerprint density at radius 1 is 1.30 bits per heavy atom. The number of halogens is 1. The predicted octanol–water partition coefficient (Wildman–Crippen LogP) is 3.70. The third-order valence-electron chi connectivity index (χ3n) is 4.89. The number of benzene rings is 2. The van der Waals surface area contributed by atoms with Crippen molar-refractivity contribution in [3.63, 3.8) is 0 Å². The summed E-state index contributed by atoms with van der Waals surface area (Å²) in [7, 11) is 0. The zero-order valence-electron chi connectivity index (χ0n) is 15.2. The third-order valence-corrected chi connectivity index (χ3v) is 4.89. The van der Waals surface area contributed by atoms with E-state index in [0.717, 1.165) is 17.5 Å². The second kappa shape index (κ2) is 7.40. The summed E-state index contributed by atoms with van der Waals surface area (Å²) in [6.07, 6.45) is 3.11. The lowest BCUT2D eigenvalue weighted by molar-refractivity contribution is -0.110. The van der Waals surface area contributed by atoms with Gasteiger partial charge in [-0.1, -0.05) is 0 Å². The average molecular weight is 367 g/mol. The summed E-state index contributed by atoms with van der Waals surface area (Å²) >= 11 is 0. The Morgan fingerprint density at radius 3 is 2.67 bits per heavy atom. The van der Waals surface area contributed by atoms with Crippen molar-refractivity contribution in [2.45, 2.75) is 19.4 Å². The van der Waals surface area contributed by atoms with E-state index in [9.17, 15) is 9.18 Å². The van der Waals surface area contributed by atoms with Gasteiger partial charge in [-0.25, -0.2) is 4.39 Å². The molecule has 6 heteroatoms. The monoisotopic (exact) mass is 367 g/mol. The number of rotatable bonds is 4. The fraction of sp³-hybridized carbons (Fsp3) is 0.286. The van der Waals surface area contributed by atoms with Crippen molar-refractivity contribution in [2.75, 3.05) is 30.3 Å². The molecule has 2 saturated heterocycles. The summed E-state index contributed by atoms with van der Waals surface area (Å²) in [4.78, 5) is 14.4. The summed E-state index contributed by atoms with van der Waals surface area (Å²) in [5, 5.41) is 5.71. The highest BCUT2D eigenvalue weighted by Gasteiger charge is 2.41. The highest BCUT2D eigenvalue weighted by molar-refractivity contribution is 6.31. The molecule has 5 rings (SSSR count). The molecule has 0 aromatic heterocycles. The molecule has 2 aromatic rings. The maximum absolute atomic E-state index is 13.2. The van der Waals surface area contributed by atoms with Crippen molar-refractivity contribution in [1.29, 1.82) is 0 Å². The quantitative estimate of drug-likeness (QED) is 0.639. The van der Waals surface area contributed by atoms with E-state index in [-0.39, 0.29) is 11.7 Å². The highest BCUT2D eigenvalue weighted by Crippen LogP contribution is 2.32. The number of ether oxygens (including phenoxy) is 1. The minimum atomic E-state index is -0.375. The van der Waals surface area contributed by atoms with E-state index in [1.165, 1.54) is 31.6 Å². The number of hydrogen-bond acceptors (Lipinski definition) is 4. The molecule has 5 nitrogen and oxygen atoms in total. The molecule has 2 N–H and O–H groups in total. The van der Waals surface area contributed by atoms with Crippen LogP contribution in [-0.2, 0) is 4.79 Å². The molecule has 2 unspecified atom stereocenters. The molecule has 2 aromatic carbocycles. The first-order chi connectivity index (χ1) is 13.1. The standard InChI is InChI=1S/C17H15FN2O2.C4H7N/c1-2-22-13-6-4-12(5-7-13)19-10-15-14-8-3-11(18)9-16(14)20-17(15)21;1-2-5-3-4(1)5/h3-10,19H,2H2,1H3,(H,20,21);4H,1-3H2. The minimum absolute atomic E-state index is 0.251. The first-order valence-electron chi connectivity index (χ1n) is 9.19. The van der Waals surface area contributed by atoms with Crippen LogP contribution in [0.4, 0.5) is 15.8 Å². The molecule has 0 saturated carbocycles. The SMILES string of the molecule is C1CN2CC12.CCOc1ccc(NC=C2C(=O)Nc3cc(F)ccc32)cc1. The summed E-state index contributed by atoms with van der Waals surface area (Å²) in [5.74, 6) is 0.166. The maximum atomic E-state index is 13.2. The van der Waals surface area contributed by atoms with Crippen LogP contribution in [0.25, 0.3) is 5.57 Å². The van der Waals surface area contributed by atoms with Crippen molar-refractivity contribution in [2.24, 2.45) is 0 Å². The van der Waals surface area contributed by atoms with E-state index in [1.807, 2.05) is 31.2 Å². The van der Waals surface area contributed by atoms with Crippen LogP contribution < -0.4 is 15.4 Å². The van der Waals surface area contributed by atoms with Crippen LogP contribution in [0.3, 0.4) is 0 Å². The third kappa shape index (κ3) is 3.95. The Morgan fingerprint density at radius 2 is 2.07 bits per heavy atom. The summed E-state index contributed by atoms with van der Waals surface area (Å²) in [5.41, 5.74) is 2.48. The van der Waals surface area contributed by atoms with Gasteiger partial charge < -0.3 is 15.4 Å². The zero-order chi connectivity index (χ0) is 18.8. The lowest BCUT2D eigenvalue weighted by Crippen LogP contribution is -2.16. The molecule has 2 fully saturated rings. The molecule has 3 aliphatic rings. The second-order valence-electron chi connectivity index (χ2n) is 6.74. The Kier molecular flexibility index (Phi) is 4.81. The van der Waals surface area contributed by atoms with Crippen LogP contribution in [-0.4, -0.2) is 36.5 Å². The van der Waals surface area contributed by atoms with E-state index >= 15 is 0 Å². The normalized spacial score (nSPS) is 22.6. The number of nitrogens with zero attached hydrogens (tertiary/aromatic N) is 1. The van der Waals surface area contributed by atoms with Crippen LogP contribution in [0.5, 0.6) is 5.75 Å². The van der Waals surface area contributed by atoms with E-state index < -0.39 is 0 Å². The number of amides is 1. The van der Waals surface area contributed by atoms with Gasteiger partial charge in [-0.2, -0.15) is 0 Å². The zero-order valence-corrected chi connectivity index (χ0v) is 15.2. The van der Waals surface area contributed by atoms with Crippen LogP contribution in [0.1, 0.15) is 18.9 Å². The number of carbonyl (C=O) groups is 1. The van der Waals surface area contributed by atoms with Crippen molar-refractivity contribution >= 4 is 22.9 Å². The number of fused-ring (bicyclic) bond motifs is 2. The minimum Gasteiger partial charge on any atom is -0.494 e. The molecule has 0 spiro atoms. The largest absolute Gasteiger partial charge is 0.494 e. The Balaban J connectivity index is 0.000000304. The smallest absolute Gasteiger partial charge is 0.257 e. The van der Waals surface area contributed by atoms with Crippen molar-refractivity contribution < 1.29 is 13.9 Å². The van der Waals surface area contributed by atoms with Gasteiger partial charge in [0.1, 0.15) is 11.6 Å². The molecule has 3 heterocycles. The van der Waals surface area contributed by atoms with Crippen LogP contribution >= 0.6 is 0 Å². The molecule has 2 atom stereocenters. The fourth-order valence-electron chi connectivity index (χ4n) is 3.18. The van der Waals surface area contributed by atoms with Gasteiger partial charge in [0.25, 0.3) is 5.91 Å². The number of nitrogens with one attached hydrogen (secondary N) is 2. The van der Waals surface area contributed by atoms with E-state index in [1.54, 1.807) is 12.3 Å². The summed E-state index contributed by atoms with van der Waals surface area (Å²) in [6, 6.07) is 12.7. The van der Waals surface area contributed by atoms with Gasteiger partial charge in [0, 0.05) is 36.6 Å². The molecule has 3 aliphatic heterocycles. The molecule has 27 heavy (non-hydrogen) atoms. The van der Waals surface area contributed by atoms with Crippen molar-refractivity contribution in [3.05, 3.63) is 60.0 Å². The van der Waals surface area contributed by atoms with Gasteiger partial charge in [0.05, 0.1) is 17.9 Å². The van der Waals surface area contributed by atoms with Gasteiger partial charge in [-0.15, -0.1) is 0 Å². The molecular formula is C21H22FN3O2. The molecule has 1 amide bonds. The number of carbonyl (C=O) groups excluding carboxylic acids is 1. The fourth-order valence-corrected chi connectivity index (χ4v) is 3.18. The van der Waals surface area contributed by atoms with Gasteiger partial charge >= 0.3 is 0 Å².